The van der Waals surface area contributed by atoms with Crippen molar-refractivity contribution in [3.63, 3.8) is 0 Å². The molecule has 7 nitrogen and oxygen atoms in total. The molecule has 5 rings (SSSR count). The van der Waals surface area contributed by atoms with E-state index in [1.54, 1.807) is 6.07 Å². The molecular formula is C27H35N5O2. The summed E-state index contributed by atoms with van der Waals surface area (Å²) < 4.78 is 0. The van der Waals surface area contributed by atoms with E-state index in [9.17, 15) is 9.59 Å². The molecule has 7 heteroatoms. The number of aryl methyl sites for hydroxylation is 1. The third-order valence-electron chi connectivity index (χ3n) is 7.97. The standard InChI is InChI=1S/C27H35N5O2/c1-20-17-23(29-26(28-20)32-13-7-4-8-14-32)24(33)31-15-11-27(12-16-31)19-22(30(2)25(27)34)18-21-9-5-3-6-10-21/h3,5-6,9-10,17,22H,4,7-8,11-16,18-19H2,1-2H3. The number of hydrogen-bond donors (Lipinski definition) is 0. The molecule has 1 aromatic heterocycles. The molecule has 3 aliphatic rings. The average Bonchev–Trinajstić information content (AvgIpc) is 3.09. The predicted octanol–water partition coefficient (Wildman–Crippen LogP) is 3.47. The molecule has 34 heavy (non-hydrogen) atoms. The van der Waals surface area contributed by atoms with Crippen LogP contribution in [0.4, 0.5) is 5.95 Å². The Kier molecular flexibility index (Phi) is 6.28. The largest absolute Gasteiger partial charge is 0.342 e. The molecule has 2 amide bonds. The summed E-state index contributed by atoms with van der Waals surface area (Å²) in [5, 5.41) is 0. The van der Waals surface area contributed by atoms with Crippen LogP contribution in [0.5, 0.6) is 0 Å². The van der Waals surface area contributed by atoms with E-state index in [-0.39, 0.29) is 23.3 Å². The lowest BCUT2D eigenvalue weighted by atomic mass is 9.75. The van der Waals surface area contributed by atoms with Crippen molar-refractivity contribution >= 4 is 17.8 Å². The maximum Gasteiger partial charge on any atom is 0.272 e. The number of likely N-dealkylation sites (N-methyl/N-ethyl adjacent to an activating group) is 1. The number of carbonyl (C=O) groups is 2. The van der Waals surface area contributed by atoms with Crippen LogP contribution in [0.2, 0.25) is 0 Å². The van der Waals surface area contributed by atoms with Crippen LogP contribution < -0.4 is 4.90 Å². The third kappa shape index (κ3) is 4.40. The van der Waals surface area contributed by atoms with Gasteiger partial charge < -0.3 is 14.7 Å². The molecule has 180 valence electrons. The zero-order chi connectivity index (χ0) is 23.7. The van der Waals surface area contributed by atoms with Crippen molar-refractivity contribution in [2.45, 2.75) is 57.9 Å². The first kappa shape index (κ1) is 22.8. The van der Waals surface area contributed by atoms with Crippen molar-refractivity contribution in [1.82, 2.24) is 19.8 Å². The number of anilines is 1. The van der Waals surface area contributed by atoms with Crippen molar-refractivity contribution < 1.29 is 9.59 Å². The molecule has 0 bridgehead atoms. The van der Waals surface area contributed by atoms with Crippen LogP contribution in [0.1, 0.15) is 60.3 Å². The number of piperidine rings is 2. The van der Waals surface area contributed by atoms with E-state index in [1.165, 1.54) is 12.0 Å². The number of rotatable bonds is 4. The van der Waals surface area contributed by atoms with E-state index < -0.39 is 0 Å². The summed E-state index contributed by atoms with van der Waals surface area (Å²) in [6.07, 6.45) is 6.71. The van der Waals surface area contributed by atoms with Crippen LogP contribution in [-0.4, -0.2) is 70.9 Å². The van der Waals surface area contributed by atoms with Gasteiger partial charge in [0.25, 0.3) is 5.91 Å². The van der Waals surface area contributed by atoms with E-state index in [4.69, 9.17) is 0 Å². The molecule has 2 aromatic rings. The summed E-state index contributed by atoms with van der Waals surface area (Å²) in [5.74, 6) is 0.872. The first-order valence-electron chi connectivity index (χ1n) is 12.7. The molecule has 1 atom stereocenters. The van der Waals surface area contributed by atoms with E-state index in [2.05, 4.69) is 39.1 Å². The summed E-state index contributed by atoms with van der Waals surface area (Å²) in [4.78, 5) is 41.9. The molecule has 0 radical (unpaired) electrons. The van der Waals surface area contributed by atoms with Gasteiger partial charge in [-0.1, -0.05) is 30.3 Å². The van der Waals surface area contributed by atoms with Crippen molar-refractivity contribution in [3.8, 4) is 0 Å². The van der Waals surface area contributed by atoms with Gasteiger partial charge in [-0.15, -0.1) is 0 Å². The Bertz CT molecular complexity index is 1040. The molecule has 3 aliphatic heterocycles. The van der Waals surface area contributed by atoms with E-state index in [0.717, 1.165) is 57.3 Å². The van der Waals surface area contributed by atoms with Crippen LogP contribution in [0, 0.1) is 12.3 Å². The van der Waals surface area contributed by atoms with Gasteiger partial charge in [0, 0.05) is 45.0 Å². The van der Waals surface area contributed by atoms with Gasteiger partial charge in [0.2, 0.25) is 11.9 Å². The molecule has 1 aromatic carbocycles. The lowest BCUT2D eigenvalue weighted by Crippen LogP contribution is -2.46. The topological polar surface area (TPSA) is 69.6 Å². The Balaban J connectivity index is 1.25. The van der Waals surface area contributed by atoms with Gasteiger partial charge in [0.15, 0.2) is 0 Å². The molecule has 0 aliphatic carbocycles. The minimum Gasteiger partial charge on any atom is -0.342 e. The Labute approximate surface area is 202 Å². The maximum absolute atomic E-state index is 13.4. The first-order valence-corrected chi connectivity index (χ1v) is 12.7. The number of likely N-dealkylation sites (tertiary alicyclic amines) is 2. The van der Waals surface area contributed by atoms with Crippen LogP contribution in [0.3, 0.4) is 0 Å². The van der Waals surface area contributed by atoms with Gasteiger partial charge in [0.05, 0.1) is 5.41 Å². The molecule has 4 heterocycles. The Hall–Kier alpha value is -2.96. The van der Waals surface area contributed by atoms with Gasteiger partial charge >= 0.3 is 0 Å². The number of hydrogen-bond acceptors (Lipinski definition) is 5. The first-order chi connectivity index (χ1) is 16.4. The molecule has 3 saturated heterocycles. The van der Waals surface area contributed by atoms with Gasteiger partial charge in [-0.05, 0) is 63.5 Å². The summed E-state index contributed by atoms with van der Waals surface area (Å²) >= 11 is 0. The SMILES string of the molecule is Cc1cc(C(=O)N2CCC3(CC2)CC(Cc2ccccc2)N(C)C3=O)nc(N2CCCCC2)n1. The van der Waals surface area contributed by atoms with E-state index in [0.29, 0.717) is 24.7 Å². The fraction of sp³-hybridized carbons (Fsp3) is 0.556. The summed E-state index contributed by atoms with van der Waals surface area (Å²) in [7, 11) is 1.94. The van der Waals surface area contributed by atoms with Crippen LogP contribution >= 0.6 is 0 Å². The molecule has 0 N–H and O–H groups in total. The molecular weight excluding hydrogens is 426 g/mol. The second-order valence-corrected chi connectivity index (χ2v) is 10.3. The van der Waals surface area contributed by atoms with Gasteiger partial charge in [0.1, 0.15) is 5.69 Å². The smallest absolute Gasteiger partial charge is 0.272 e. The third-order valence-corrected chi connectivity index (χ3v) is 7.97. The monoisotopic (exact) mass is 461 g/mol. The van der Waals surface area contributed by atoms with Crippen LogP contribution in [0.15, 0.2) is 36.4 Å². The van der Waals surface area contributed by atoms with Crippen molar-refractivity contribution in [3.05, 3.63) is 53.3 Å². The molecule has 3 fully saturated rings. The second kappa shape index (κ2) is 9.35. The van der Waals surface area contributed by atoms with E-state index in [1.807, 2.05) is 29.8 Å². The summed E-state index contributed by atoms with van der Waals surface area (Å²) in [6.45, 7) is 5.01. The summed E-state index contributed by atoms with van der Waals surface area (Å²) in [6, 6.07) is 12.4. The van der Waals surface area contributed by atoms with Gasteiger partial charge in [-0.3, -0.25) is 9.59 Å². The van der Waals surface area contributed by atoms with Gasteiger partial charge in [-0.2, -0.15) is 0 Å². The van der Waals surface area contributed by atoms with Crippen molar-refractivity contribution in [1.29, 1.82) is 0 Å². The minimum absolute atomic E-state index is 0.0433. The van der Waals surface area contributed by atoms with Crippen molar-refractivity contribution in [2.24, 2.45) is 5.41 Å². The number of amides is 2. The Morgan fingerprint density at radius 1 is 1.03 bits per heavy atom. The highest BCUT2D eigenvalue weighted by Crippen LogP contribution is 2.44. The highest BCUT2D eigenvalue weighted by Gasteiger charge is 2.51. The van der Waals surface area contributed by atoms with Crippen LogP contribution in [-0.2, 0) is 11.2 Å². The highest BCUT2D eigenvalue weighted by atomic mass is 16.2. The fourth-order valence-corrected chi connectivity index (χ4v) is 5.93. The number of benzene rings is 1. The average molecular weight is 462 g/mol. The van der Waals surface area contributed by atoms with Crippen molar-refractivity contribution in [2.75, 3.05) is 38.1 Å². The number of nitrogens with zero attached hydrogens (tertiary/aromatic N) is 5. The second-order valence-electron chi connectivity index (χ2n) is 10.3. The normalized spacial score (nSPS) is 22.5. The molecule has 1 spiro atoms. The molecule has 0 saturated carbocycles. The number of carbonyl (C=O) groups excluding carboxylic acids is 2. The molecule has 1 unspecified atom stereocenters. The summed E-state index contributed by atoms with van der Waals surface area (Å²) in [5.41, 5.74) is 2.22. The number of aromatic nitrogens is 2. The Morgan fingerprint density at radius 2 is 1.74 bits per heavy atom. The predicted molar refractivity (Wildman–Crippen MR) is 132 cm³/mol. The quantitative estimate of drug-likeness (QED) is 0.697. The lowest BCUT2D eigenvalue weighted by Gasteiger charge is -2.37. The van der Waals surface area contributed by atoms with Gasteiger partial charge in [-0.25, -0.2) is 9.97 Å². The zero-order valence-electron chi connectivity index (χ0n) is 20.4. The van der Waals surface area contributed by atoms with Crippen LogP contribution in [0.25, 0.3) is 0 Å². The Morgan fingerprint density at radius 3 is 2.44 bits per heavy atom. The lowest BCUT2D eigenvalue weighted by molar-refractivity contribution is -0.137. The minimum atomic E-state index is -0.342. The highest BCUT2D eigenvalue weighted by molar-refractivity contribution is 5.93. The van der Waals surface area contributed by atoms with E-state index >= 15 is 0 Å². The maximum atomic E-state index is 13.4. The zero-order valence-corrected chi connectivity index (χ0v) is 20.4. The fourth-order valence-electron chi connectivity index (χ4n) is 5.93.